The van der Waals surface area contributed by atoms with Gasteiger partial charge < -0.3 is 19.2 Å². The van der Waals surface area contributed by atoms with E-state index in [0.29, 0.717) is 12.1 Å². The molecule has 3 radical (unpaired) electrons. The molecule has 1 aliphatic heterocycles. The fourth-order valence-corrected chi connectivity index (χ4v) is 2.80. The van der Waals surface area contributed by atoms with Crippen LogP contribution in [-0.2, 0) is 46.5 Å². The molecule has 1 saturated heterocycles. The van der Waals surface area contributed by atoms with E-state index in [1.807, 2.05) is 6.92 Å². The number of hydrogen-bond donors (Lipinski definition) is 1. The first-order chi connectivity index (χ1) is 8.96. The number of nitrogens with one attached hydrogen (secondary N) is 1. The van der Waals surface area contributed by atoms with Crippen LogP contribution in [0.25, 0.3) is 0 Å². The molecule has 0 bridgehead atoms. The van der Waals surface area contributed by atoms with Crippen LogP contribution in [0.3, 0.4) is 0 Å². The smallest absolute Gasteiger partial charge is 0.229 e. The Morgan fingerprint density at radius 1 is 1.60 bits per heavy atom. The molecule has 0 saturated carbocycles. The Labute approximate surface area is 144 Å². The van der Waals surface area contributed by atoms with E-state index in [1.54, 1.807) is 12.1 Å². The standard InChI is InChI=1S/C11H16BN2O4P.Y/c1-8-6-11(12)18-10(8)7-17-19(15,16)14-9-2-4-13-5-3-9;/h2-5,8,10-11H,6-7H2,1H3,(H2,13,14,15,16);/p-1/t8-,10-,11-;/m1./s1. The first kappa shape index (κ1) is 18.3. The van der Waals surface area contributed by atoms with Gasteiger partial charge in [0, 0.05) is 56.8 Å². The zero-order valence-electron chi connectivity index (χ0n) is 11.1. The van der Waals surface area contributed by atoms with Crippen molar-refractivity contribution in [2.45, 2.75) is 25.5 Å². The number of nitrogens with zero attached hydrogens (tertiary/aromatic N) is 1. The van der Waals surface area contributed by atoms with Gasteiger partial charge >= 0.3 is 0 Å². The van der Waals surface area contributed by atoms with Crippen molar-refractivity contribution in [2.24, 2.45) is 5.92 Å². The van der Waals surface area contributed by atoms with Gasteiger partial charge in [-0.25, -0.2) is 0 Å². The van der Waals surface area contributed by atoms with Gasteiger partial charge in [-0.2, -0.15) is 0 Å². The van der Waals surface area contributed by atoms with Gasteiger partial charge in [0.2, 0.25) is 7.75 Å². The maximum Gasteiger partial charge on any atom is 0.229 e. The summed E-state index contributed by atoms with van der Waals surface area (Å²) in [6, 6.07) is 2.74. The number of ether oxygens (including phenoxy) is 1. The third-order valence-electron chi connectivity index (χ3n) is 2.94. The molecule has 0 spiro atoms. The Morgan fingerprint density at radius 3 is 2.80 bits per heavy atom. The quantitative estimate of drug-likeness (QED) is 0.613. The predicted molar refractivity (Wildman–Crippen MR) is 69.6 cm³/mol. The summed E-state index contributed by atoms with van der Waals surface area (Å²) >= 11 is 0. The van der Waals surface area contributed by atoms with E-state index in [9.17, 15) is 9.46 Å². The van der Waals surface area contributed by atoms with Crippen LogP contribution in [0, 0.1) is 5.92 Å². The van der Waals surface area contributed by atoms with Crippen molar-refractivity contribution in [3.63, 3.8) is 0 Å². The van der Waals surface area contributed by atoms with Crippen LogP contribution in [0.5, 0.6) is 0 Å². The molecule has 9 heteroatoms. The van der Waals surface area contributed by atoms with Crippen LogP contribution in [0.4, 0.5) is 5.69 Å². The monoisotopic (exact) mass is 370 g/mol. The molecular formula is C11H15BN2O4PY-. The minimum absolute atomic E-state index is 0. The number of hydrogen-bond acceptors (Lipinski definition) is 5. The van der Waals surface area contributed by atoms with Crippen molar-refractivity contribution in [1.29, 1.82) is 0 Å². The summed E-state index contributed by atoms with van der Waals surface area (Å²) in [7, 11) is 1.47. The summed E-state index contributed by atoms with van der Waals surface area (Å²) in [5.74, 6) is 0.177. The summed E-state index contributed by atoms with van der Waals surface area (Å²) in [4.78, 5) is 15.5. The summed E-state index contributed by atoms with van der Waals surface area (Å²) in [5.41, 5.74) is 0.408. The van der Waals surface area contributed by atoms with Gasteiger partial charge in [-0.05, 0) is 24.5 Å². The molecule has 0 aromatic carbocycles. The summed E-state index contributed by atoms with van der Waals surface area (Å²) < 4.78 is 22.0. The SMILES string of the molecule is [B][C@H]1C[C@@H](C)[C@@H](COP(=O)([O-])Nc2ccncc2)O1.[Y]. The second-order valence-corrected chi connectivity index (χ2v) is 6.04. The minimum atomic E-state index is -4.16. The number of aromatic nitrogens is 1. The van der Waals surface area contributed by atoms with Crippen LogP contribution >= 0.6 is 7.75 Å². The molecule has 1 fully saturated rings. The molecule has 1 aromatic heterocycles. The molecule has 1 aliphatic rings. The van der Waals surface area contributed by atoms with E-state index in [2.05, 4.69) is 10.1 Å². The molecule has 105 valence electrons. The molecule has 6 nitrogen and oxygen atoms in total. The van der Waals surface area contributed by atoms with E-state index >= 15 is 0 Å². The molecule has 1 N–H and O–H groups in total. The molecule has 1 aromatic rings. The van der Waals surface area contributed by atoms with Gasteiger partial charge in [-0.15, -0.1) is 0 Å². The van der Waals surface area contributed by atoms with Crippen molar-refractivity contribution >= 4 is 21.3 Å². The molecule has 2 heterocycles. The van der Waals surface area contributed by atoms with Crippen LogP contribution in [0.15, 0.2) is 24.5 Å². The fraction of sp³-hybridized carbons (Fsp3) is 0.545. The zero-order chi connectivity index (χ0) is 13.9. The third kappa shape index (κ3) is 5.55. The molecular weight excluding hydrogens is 355 g/mol. The van der Waals surface area contributed by atoms with Crippen LogP contribution in [0.2, 0.25) is 0 Å². The Kier molecular flexibility index (Phi) is 7.33. The van der Waals surface area contributed by atoms with E-state index in [4.69, 9.17) is 17.1 Å². The number of pyridine rings is 1. The summed E-state index contributed by atoms with van der Waals surface area (Å²) in [6.45, 7) is 1.92. The summed E-state index contributed by atoms with van der Waals surface area (Å²) in [6.07, 6.45) is 3.39. The predicted octanol–water partition coefficient (Wildman–Crippen LogP) is 0.896. The van der Waals surface area contributed by atoms with Gasteiger partial charge in [0.1, 0.15) is 7.85 Å². The Hall–Kier alpha value is 0.229. The maximum atomic E-state index is 11.7. The van der Waals surface area contributed by atoms with E-state index in [0.717, 1.165) is 0 Å². The normalized spacial score (nSPS) is 28.4. The minimum Gasteiger partial charge on any atom is -0.762 e. The number of anilines is 1. The largest absolute Gasteiger partial charge is 0.762 e. The molecule has 1 unspecified atom stereocenters. The first-order valence-electron chi connectivity index (χ1n) is 6.01. The van der Waals surface area contributed by atoms with Crippen LogP contribution in [-0.4, -0.2) is 31.5 Å². The Bertz CT molecular complexity index is 467. The van der Waals surface area contributed by atoms with Crippen molar-refractivity contribution in [2.75, 3.05) is 11.7 Å². The third-order valence-corrected chi connectivity index (χ3v) is 3.96. The first-order valence-corrected chi connectivity index (χ1v) is 7.55. The average molecular weight is 370 g/mol. The van der Waals surface area contributed by atoms with E-state index in [1.165, 1.54) is 12.4 Å². The van der Waals surface area contributed by atoms with Crippen LogP contribution < -0.4 is 9.98 Å². The molecule has 0 amide bonds. The second kappa shape index (κ2) is 8.02. The molecule has 20 heavy (non-hydrogen) atoms. The average Bonchev–Trinajstić information content (AvgIpc) is 2.66. The van der Waals surface area contributed by atoms with Crippen LogP contribution in [0.1, 0.15) is 13.3 Å². The van der Waals surface area contributed by atoms with Gasteiger partial charge in [0.25, 0.3) is 0 Å². The molecule has 4 atom stereocenters. The topological polar surface area (TPSA) is 83.5 Å². The Balaban J connectivity index is 0.00000200. The van der Waals surface area contributed by atoms with Gasteiger partial charge in [0.15, 0.2) is 0 Å². The van der Waals surface area contributed by atoms with Crippen molar-refractivity contribution in [3.05, 3.63) is 24.5 Å². The fourth-order valence-electron chi connectivity index (χ4n) is 1.92. The maximum absolute atomic E-state index is 11.7. The van der Waals surface area contributed by atoms with Gasteiger partial charge in [0.05, 0.1) is 12.7 Å². The number of rotatable bonds is 5. The van der Waals surface area contributed by atoms with Crippen molar-refractivity contribution in [1.82, 2.24) is 4.98 Å². The van der Waals surface area contributed by atoms with Gasteiger partial charge in [-0.3, -0.25) is 9.55 Å². The van der Waals surface area contributed by atoms with Crippen molar-refractivity contribution < 1.29 is 51.4 Å². The van der Waals surface area contributed by atoms with Gasteiger partial charge in [-0.1, -0.05) is 6.92 Å². The summed E-state index contributed by atoms with van der Waals surface area (Å²) in [5, 5.41) is 2.32. The second-order valence-electron chi connectivity index (χ2n) is 4.57. The molecule has 2 rings (SSSR count). The van der Waals surface area contributed by atoms with Crippen molar-refractivity contribution in [3.8, 4) is 0 Å². The van der Waals surface area contributed by atoms with E-state index in [-0.39, 0.29) is 57.3 Å². The zero-order valence-corrected chi connectivity index (χ0v) is 14.9. The Morgan fingerprint density at radius 2 is 2.25 bits per heavy atom. The van der Waals surface area contributed by atoms with E-state index < -0.39 is 7.75 Å². The molecule has 0 aliphatic carbocycles.